The molecule has 0 aliphatic carbocycles. The van der Waals surface area contributed by atoms with Crippen LogP contribution in [0.3, 0.4) is 0 Å². The first kappa shape index (κ1) is 17.4. The Balaban J connectivity index is 2.11. The summed E-state index contributed by atoms with van der Waals surface area (Å²) in [5.41, 5.74) is 0.891. The third-order valence-electron chi connectivity index (χ3n) is 3.47. The third-order valence-corrected chi connectivity index (χ3v) is 3.47. The van der Waals surface area contributed by atoms with Crippen molar-refractivity contribution in [1.29, 1.82) is 0 Å². The summed E-state index contributed by atoms with van der Waals surface area (Å²) in [6, 6.07) is 8.40. The predicted octanol–water partition coefficient (Wildman–Crippen LogP) is 2.46. The van der Waals surface area contributed by atoms with Gasteiger partial charge in [0.05, 0.1) is 21.3 Å². The van der Waals surface area contributed by atoms with Crippen LogP contribution >= 0.6 is 0 Å². The number of hydrogen-bond donors (Lipinski definition) is 2. The molecule has 0 saturated heterocycles. The molecule has 0 bridgehead atoms. The minimum atomic E-state index is -1.06. The Morgan fingerprint density at radius 3 is 2.33 bits per heavy atom. The van der Waals surface area contributed by atoms with Crippen molar-refractivity contribution in [2.45, 2.75) is 6.42 Å². The van der Waals surface area contributed by atoms with Gasteiger partial charge in [0.25, 0.3) is 0 Å². The molecule has 7 nitrogen and oxygen atoms in total. The molecule has 24 heavy (non-hydrogen) atoms. The lowest BCUT2D eigenvalue weighted by atomic mass is 10.1. The van der Waals surface area contributed by atoms with E-state index in [1.807, 2.05) is 0 Å². The van der Waals surface area contributed by atoms with Gasteiger partial charge in [0.15, 0.2) is 5.69 Å². The molecule has 1 aromatic heterocycles. The lowest BCUT2D eigenvalue weighted by Gasteiger charge is -2.15. The smallest absolute Gasteiger partial charge is 0.354 e. The Hall–Kier alpha value is -2.96. The maximum atomic E-state index is 10.9. The number of carboxylic acid groups (broad SMARTS) is 1. The zero-order chi connectivity index (χ0) is 17.5. The number of aromatic carboxylic acids is 1. The van der Waals surface area contributed by atoms with Crippen LogP contribution < -0.4 is 19.5 Å². The highest BCUT2D eigenvalue weighted by Crippen LogP contribution is 2.34. The molecule has 7 heteroatoms. The standard InChI is InChI=1S/C17H20N2O5/c1-22-11-9-14(23-2)12(15(10-11)24-3)7-8-18-16-6-4-5-13(19-16)17(20)21/h4-6,9-10H,7-8H2,1-3H3,(H,18,19)(H,20,21). The van der Waals surface area contributed by atoms with E-state index in [0.29, 0.717) is 36.0 Å². The van der Waals surface area contributed by atoms with Gasteiger partial charge in [-0.2, -0.15) is 0 Å². The van der Waals surface area contributed by atoms with Gasteiger partial charge >= 0.3 is 5.97 Å². The molecule has 128 valence electrons. The number of aromatic nitrogens is 1. The zero-order valence-electron chi connectivity index (χ0n) is 13.8. The molecule has 2 rings (SSSR count). The fourth-order valence-electron chi connectivity index (χ4n) is 2.29. The van der Waals surface area contributed by atoms with Crippen LogP contribution in [0.25, 0.3) is 0 Å². The Labute approximate surface area is 140 Å². The van der Waals surface area contributed by atoms with Crippen molar-refractivity contribution in [2.75, 3.05) is 33.2 Å². The Bertz CT molecular complexity index is 693. The molecule has 0 spiro atoms. The van der Waals surface area contributed by atoms with Crippen LogP contribution in [-0.2, 0) is 6.42 Å². The number of carbonyl (C=O) groups is 1. The van der Waals surface area contributed by atoms with Crippen LogP contribution in [-0.4, -0.2) is 43.9 Å². The van der Waals surface area contributed by atoms with Crippen molar-refractivity contribution < 1.29 is 24.1 Å². The van der Waals surface area contributed by atoms with Crippen LogP contribution in [0.1, 0.15) is 16.1 Å². The summed E-state index contributed by atoms with van der Waals surface area (Å²) in [6.45, 7) is 0.537. The van der Waals surface area contributed by atoms with Crippen LogP contribution in [0.5, 0.6) is 17.2 Å². The van der Waals surface area contributed by atoms with E-state index in [1.165, 1.54) is 6.07 Å². The molecule has 1 heterocycles. The van der Waals surface area contributed by atoms with Crippen LogP contribution in [0.4, 0.5) is 5.82 Å². The molecular formula is C17H20N2O5. The van der Waals surface area contributed by atoms with E-state index >= 15 is 0 Å². The molecule has 1 aromatic carbocycles. The summed E-state index contributed by atoms with van der Waals surface area (Å²) in [5, 5.41) is 12.1. The van der Waals surface area contributed by atoms with Gasteiger partial charge in [0.2, 0.25) is 0 Å². The van der Waals surface area contributed by atoms with Crippen molar-refractivity contribution in [3.63, 3.8) is 0 Å². The highest BCUT2D eigenvalue weighted by atomic mass is 16.5. The fourth-order valence-corrected chi connectivity index (χ4v) is 2.29. The average Bonchev–Trinajstić information content (AvgIpc) is 2.61. The number of ether oxygens (including phenoxy) is 3. The number of methoxy groups -OCH3 is 3. The molecule has 0 radical (unpaired) electrons. The van der Waals surface area contributed by atoms with Crippen molar-refractivity contribution >= 4 is 11.8 Å². The van der Waals surface area contributed by atoms with Crippen LogP contribution in [0.15, 0.2) is 30.3 Å². The van der Waals surface area contributed by atoms with Gasteiger partial charge in [-0.3, -0.25) is 0 Å². The minimum Gasteiger partial charge on any atom is -0.496 e. The lowest BCUT2D eigenvalue weighted by Crippen LogP contribution is -2.10. The lowest BCUT2D eigenvalue weighted by molar-refractivity contribution is 0.0690. The Morgan fingerprint density at radius 2 is 1.79 bits per heavy atom. The number of pyridine rings is 1. The number of carboxylic acids is 1. The first-order valence-corrected chi connectivity index (χ1v) is 7.32. The van der Waals surface area contributed by atoms with Gasteiger partial charge in [0, 0.05) is 24.2 Å². The maximum Gasteiger partial charge on any atom is 0.354 e. The predicted molar refractivity (Wildman–Crippen MR) is 89.5 cm³/mol. The van der Waals surface area contributed by atoms with Gasteiger partial charge in [-0.15, -0.1) is 0 Å². The number of nitrogens with one attached hydrogen (secondary N) is 1. The van der Waals surface area contributed by atoms with E-state index in [-0.39, 0.29) is 5.69 Å². The quantitative estimate of drug-likeness (QED) is 0.767. The number of nitrogens with zero attached hydrogens (tertiary/aromatic N) is 1. The summed E-state index contributed by atoms with van der Waals surface area (Å²) in [5.74, 6) is 1.43. The van der Waals surface area contributed by atoms with E-state index < -0.39 is 5.97 Å². The van der Waals surface area contributed by atoms with Crippen molar-refractivity contribution in [3.05, 3.63) is 41.6 Å². The Kier molecular flexibility index (Phi) is 5.83. The highest BCUT2D eigenvalue weighted by molar-refractivity contribution is 5.85. The molecule has 0 aliphatic heterocycles. The molecular weight excluding hydrogens is 312 g/mol. The average molecular weight is 332 g/mol. The minimum absolute atomic E-state index is 0.000362. The second-order valence-corrected chi connectivity index (χ2v) is 4.90. The number of hydrogen-bond acceptors (Lipinski definition) is 6. The third kappa shape index (κ3) is 4.07. The van der Waals surface area contributed by atoms with E-state index in [1.54, 1.807) is 45.6 Å². The van der Waals surface area contributed by atoms with E-state index in [2.05, 4.69) is 10.3 Å². The van der Waals surface area contributed by atoms with E-state index in [0.717, 1.165) is 5.56 Å². The topological polar surface area (TPSA) is 89.9 Å². The van der Waals surface area contributed by atoms with Gasteiger partial charge in [0.1, 0.15) is 23.1 Å². The van der Waals surface area contributed by atoms with Crippen LogP contribution in [0.2, 0.25) is 0 Å². The second-order valence-electron chi connectivity index (χ2n) is 4.90. The van der Waals surface area contributed by atoms with E-state index in [4.69, 9.17) is 19.3 Å². The molecule has 0 aliphatic rings. The summed E-state index contributed by atoms with van der Waals surface area (Å²) in [4.78, 5) is 15.0. The molecule has 0 amide bonds. The maximum absolute atomic E-state index is 10.9. The molecule has 0 saturated carbocycles. The summed E-state index contributed by atoms with van der Waals surface area (Å²) in [7, 11) is 4.75. The number of anilines is 1. The largest absolute Gasteiger partial charge is 0.496 e. The monoisotopic (exact) mass is 332 g/mol. The normalized spacial score (nSPS) is 10.1. The van der Waals surface area contributed by atoms with Crippen molar-refractivity contribution in [1.82, 2.24) is 4.98 Å². The van der Waals surface area contributed by atoms with E-state index in [9.17, 15) is 4.79 Å². The zero-order valence-corrected chi connectivity index (χ0v) is 13.8. The molecule has 0 fully saturated rings. The molecule has 2 aromatic rings. The van der Waals surface area contributed by atoms with Gasteiger partial charge in [-0.1, -0.05) is 6.07 Å². The van der Waals surface area contributed by atoms with Crippen LogP contribution in [0, 0.1) is 0 Å². The second kappa shape index (κ2) is 8.05. The van der Waals surface area contributed by atoms with Gasteiger partial charge in [-0.25, -0.2) is 9.78 Å². The van der Waals surface area contributed by atoms with Crippen molar-refractivity contribution in [3.8, 4) is 17.2 Å². The molecule has 0 unspecified atom stereocenters. The molecule has 0 atom stereocenters. The first-order chi connectivity index (χ1) is 11.6. The van der Waals surface area contributed by atoms with Crippen molar-refractivity contribution in [2.24, 2.45) is 0 Å². The SMILES string of the molecule is COc1cc(OC)c(CCNc2cccc(C(=O)O)n2)c(OC)c1. The Morgan fingerprint density at radius 1 is 1.12 bits per heavy atom. The van der Waals surface area contributed by atoms with Gasteiger partial charge in [-0.05, 0) is 18.6 Å². The number of rotatable bonds is 8. The summed E-state index contributed by atoms with van der Waals surface area (Å²) < 4.78 is 16.0. The summed E-state index contributed by atoms with van der Waals surface area (Å²) in [6.07, 6.45) is 0.606. The highest BCUT2D eigenvalue weighted by Gasteiger charge is 2.13. The fraction of sp³-hybridized carbons (Fsp3) is 0.294. The van der Waals surface area contributed by atoms with Gasteiger partial charge < -0.3 is 24.6 Å². The summed E-state index contributed by atoms with van der Waals surface area (Å²) >= 11 is 0. The molecule has 2 N–H and O–H groups in total. The first-order valence-electron chi connectivity index (χ1n) is 7.32. The number of benzene rings is 1.